The topological polar surface area (TPSA) is 71.3 Å². The zero-order chi connectivity index (χ0) is 14.6. The molecule has 0 aliphatic heterocycles. The van der Waals surface area contributed by atoms with Crippen molar-refractivity contribution in [3.63, 3.8) is 0 Å². The zero-order valence-corrected chi connectivity index (χ0v) is 12.8. The van der Waals surface area contributed by atoms with E-state index in [-0.39, 0.29) is 17.5 Å². The van der Waals surface area contributed by atoms with Gasteiger partial charge in [0.1, 0.15) is 0 Å². The summed E-state index contributed by atoms with van der Waals surface area (Å²) in [6, 6.07) is 1.57. The minimum absolute atomic E-state index is 0.0399. The number of aliphatic hydroxyl groups excluding tert-OH is 1. The number of hydrogen-bond donors (Lipinski definition) is 2. The number of nitrogens with zero attached hydrogens (tertiary/aromatic N) is 1. The van der Waals surface area contributed by atoms with Crippen LogP contribution in [0.5, 0.6) is 0 Å². The normalized spacial score (nSPS) is 18.7. The summed E-state index contributed by atoms with van der Waals surface area (Å²) < 4.78 is 29.2. The van der Waals surface area contributed by atoms with Crippen LogP contribution in [0.1, 0.15) is 50.6 Å². The molecule has 0 unspecified atom stereocenters. The van der Waals surface area contributed by atoms with Crippen molar-refractivity contribution in [1.29, 1.82) is 0 Å². The molecule has 6 heteroatoms. The fraction of sp³-hybridized carbons (Fsp3) is 0.714. The van der Waals surface area contributed by atoms with E-state index in [0.717, 1.165) is 25.7 Å². The number of aromatic nitrogens is 1. The first-order valence-electron chi connectivity index (χ1n) is 7.31. The van der Waals surface area contributed by atoms with E-state index in [0.29, 0.717) is 5.69 Å². The average Bonchev–Trinajstić information content (AvgIpc) is 2.74. The first-order valence-corrected chi connectivity index (χ1v) is 8.79. The van der Waals surface area contributed by atoms with Crippen molar-refractivity contribution in [2.75, 3.05) is 0 Å². The summed E-state index contributed by atoms with van der Waals surface area (Å²) in [5.41, 5.74) is 0.600. The van der Waals surface area contributed by atoms with Gasteiger partial charge >= 0.3 is 0 Å². The lowest BCUT2D eigenvalue weighted by Gasteiger charge is -2.20. The number of hydrogen-bond acceptors (Lipinski definition) is 3. The second kappa shape index (κ2) is 6.74. The van der Waals surface area contributed by atoms with Crippen molar-refractivity contribution < 1.29 is 13.5 Å². The van der Waals surface area contributed by atoms with Gasteiger partial charge in [-0.1, -0.05) is 32.1 Å². The highest BCUT2D eigenvalue weighted by molar-refractivity contribution is 7.89. The van der Waals surface area contributed by atoms with E-state index in [1.807, 2.05) is 0 Å². The quantitative estimate of drug-likeness (QED) is 0.892. The SMILES string of the molecule is Cn1cc(S(=O)(=O)NC2CCCCCCC2)cc1CO. The molecule has 0 bridgehead atoms. The highest BCUT2D eigenvalue weighted by Crippen LogP contribution is 2.20. The molecule has 2 N–H and O–H groups in total. The van der Waals surface area contributed by atoms with Gasteiger partial charge < -0.3 is 9.67 Å². The van der Waals surface area contributed by atoms with E-state index in [9.17, 15) is 8.42 Å². The monoisotopic (exact) mass is 300 g/mol. The Kier molecular flexibility index (Phi) is 5.23. The lowest BCUT2D eigenvalue weighted by atomic mass is 9.97. The summed E-state index contributed by atoms with van der Waals surface area (Å²) in [5, 5.41) is 9.15. The van der Waals surface area contributed by atoms with E-state index in [2.05, 4.69) is 4.72 Å². The minimum atomic E-state index is -3.48. The maximum absolute atomic E-state index is 12.4. The van der Waals surface area contributed by atoms with Gasteiger partial charge in [-0.15, -0.1) is 0 Å². The molecule has 1 aromatic heterocycles. The Balaban J connectivity index is 2.08. The van der Waals surface area contributed by atoms with E-state index in [1.165, 1.54) is 25.3 Å². The number of rotatable bonds is 4. The van der Waals surface area contributed by atoms with Crippen LogP contribution in [-0.2, 0) is 23.7 Å². The standard InChI is InChI=1S/C14H24N2O3S/c1-16-10-14(9-13(16)11-17)20(18,19)15-12-7-5-3-2-4-6-8-12/h9-10,12,15,17H,2-8,11H2,1H3. The first kappa shape index (κ1) is 15.5. The molecular weight excluding hydrogens is 276 g/mol. The Morgan fingerprint density at radius 1 is 1.25 bits per heavy atom. The van der Waals surface area contributed by atoms with Gasteiger partial charge in [-0.05, 0) is 18.9 Å². The maximum Gasteiger partial charge on any atom is 0.242 e. The number of nitrogens with one attached hydrogen (secondary N) is 1. The Labute approximate surface area is 121 Å². The van der Waals surface area contributed by atoms with Crippen LogP contribution in [0.25, 0.3) is 0 Å². The van der Waals surface area contributed by atoms with Gasteiger partial charge in [0.2, 0.25) is 10.0 Å². The number of sulfonamides is 1. The Morgan fingerprint density at radius 3 is 2.40 bits per heavy atom. The summed E-state index contributed by atoms with van der Waals surface area (Å²) in [5.74, 6) is 0. The molecule has 0 spiro atoms. The molecule has 0 radical (unpaired) electrons. The summed E-state index contributed by atoms with van der Waals surface area (Å²) >= 11 is 0. The van der Waals surface area contributed by atoms with Gasteiger partial charge in [0, 0.05) is 25.0 Å². The summed E-state index contributed by atoms with van der Waals surface area (Å²) in [4.78, 5) is 0.242. The molecule has 1 fully saturated rings. The van der Waals surface area contributed by atoms with Crippen LogP contribution >= 0.6 is 0 Å². The second-order valence-corrected chi connectivity index (χ2v) is 7.31. The Morgan fingerprint density at radius 2 is 1.85 bits per heavy atom. The predicted octanol–water partition coefficient (Wildman–Crippen LogP) is 1.91. The summed E-state index contributed by atoms with van der Waals surface area (Å²) in [6.45, 7) is -0.157. The van der Waals surface area contributed by atoms with Crippen molar-refractivity contribution in [2.45, 2.75) is 62.5 Å². The predicted molar refractivity (Wildman–Crippen MR) is 77.8 cm³/mol. The smallest absolute Gasteiger partial charge is 0.242 e. The van der Waals surface area contributed by atoms with Gasteiger partial charge in [0.15, 0.2) is 0 Å². The molecule has 0 aromatic carbocycles. The zero-order valence-electron chi connectivity index (χ0n) is 12.0. The molecule has 5 nitrogen and oxygen atoms in total. The van der Waals surface area contributed by atoms with Gasteiger partial charge in [-0.3, -0.25) is 0 Å². The maximum atomic E-state index is 12.4. The minimum Gasteiger partial charge on any atom is -0.390 e. The van der Waals surface area contributed by atoms with Crippen molar-refractivity contribution in [2.24, 2.45) is 7.05 Å². The van der Waals surface area contributed by atoms with Gasteiger partial charge in [-0.25, -0.2) is 13.1 Å². The third-order valence-corrected chi connectivity index (χ3v) is 5.47. The van der Waals surface area contributed by atoms with E-state index < -0.39 is 10.0 Å². The van der Waals surface area contributed by atoms with Crippen LogP contribution in [-0.4, -0.2) is 24.1 Å². The highest BCUT2D eigenvalue weighted by Gasteiger charge is 2.22. The van der Waals surface area contributed by atoms with Gasteiger partial charge in [0.05, 0.1) is 11.5 Å². The van der Waals surface area contributed by atoms with E-state index in [4.69, 9.17) is 5.11 Å². The van der Waals surface area contributed by atoms with Crippen molar-refractivity contribution in [3.8, 4) is 0 Å². The lowest BCUT2D eigenvalue weighted by Crippen LogP contribution is -2.35. The summed E-state index contributed by atoms with van der Waals surface area (Å²) in [6.07, 6.45) is 9.21. The fourth-order valence-electron chi connectivity index (χ4n) is 2.74. The average molecular weight is 300 g/mol. The third kappa shape index (κ3) is 3.84. The summed E-state index contributed by atoms with van der Waals surface area (Å²) in [7, 11) is -1.75. The van der Waals surface area contributed by atoms with Crippen LogP contribution in [0.15, 0.2) is 17.2 Å². The molecule has 0 saturated heterocycles. The number of aliphatic hydroxyl groups is 1. The van der Waals surface area contributed by atoms with E-state index >= 15 is 0 Å². The largest absolute Gasteiger partial charge is 0.390 e. The van der Waals surface area contributed by atoms with Gasteiger partial charge in [0.25, 0.3) is 0 Å². The molecular formula is C14H24N2O3S. The molecule has 1 saturated carbocycles. The van der Waals surface area contributed by atoms with Crippen LogP contribution in [0.3, 0.4) is 0 Å². The van der Waals surface area contributed by atoms with Crippen molar-refractivity contribution >= 4 is 10.0 Å². The molecule has 0 amide bonds. The van der Waals surface area contributed by atoms with Crippen LogP contribution < -0.4 is 4.72 Å². The van der Waals surface area contributed by atoms with Crippen LogP contribution in [0.2, 0.25) is 0 Å². The lowest BCUT2D eigenvalue weighted by molar-refractivity contribution is 0.272. The Bertz CT molecular complexity index is 529. The molecule has 1 heterocycles. The molecule has 1 aliphatic rings. The van der Waals surface area contributed by atoms with Crippen molar-refractivity contribution in [3.05, 3.63) is 18.0 Å². The number of aryl methyl sites for hydroxylation is 1. The Hall–Kier alpha value is -0.850. The molecule has 2 rings (SSSR count). The first-order chi connectivity index (χ1) is 9.53. The fourth-order valence-corrected chi connectivity index (χ4v) is 4.14. The molecule has 1 aliphatic carbocycles. The molecule has 0 atom stereocenters. The molecule has 1 aromatic rings. The van der Waals surface area contributed by atoms with Crippen LogP contribution in [0, 0.1) is 0 Å². The van der Waals surface area contributed by atoms with Crippen molar-refractivity contribution in [1.82, 2.24) is 9.29 Å². The molecule has 20 heavy (non-hydrogen) atoms. The highest BCUT2D eigenvalue weighted by atomic mass is 32.2. The van der Waals surface area contributed by atoms with E-state index in [1.54, 1.807) is 17.8 Å². The third-order valence-electron chi connectivity index (χ3n) is 3.98. The molecule has 114 valence electrons. The van der Waals surface area contributed by atoms with Gasteiger partial charge in [-0.2, -0.15) is 0 Å². The second-order valence-electron chi connectivity index (χ2n) is 5.60. The van der Waals surface area contributed by atoms with Crippen LogP contribution in [0.4, 0.5) is 0 Å².